The van der Waals surface area contributed by atoms with Gasteiger partial charge in [0, 0.05) is 11.9 Å². The third-order valence-electron chi connectivity index (χ3n) is 2.53. The largest absolute Gasteiger partial charge is 0.406 e. The van der Waals surface area contributed by atoms with Crippen LogP contribution in [0.4, 0.5) is 13.2 Å². The predicted octanol–water partition coefficient (Wildman–Crippen LogP) is 3.35. The molecule has 0 aliphatic rings. The molecule has 0 bridgehead atoms. The second-order valence-electron chi connectivity index (χ2n) is 4.14. The summed E-state index contributed by atoms with van der Waals surface area (Å²) in [7, 11) is 0. The van der Waals surface area contributed by atoms with Crippen LogP contribution in [0.25, 0.3) is 0 Å². The Bertz CT molecular complexity index is 555. The smallest absolute Gasteiger partial charge is 0.324 e. The Morgan fingerprint density at radius 3 is 2.50 bits per heavy atom. The first-order valence-corrected chi connectivity index (χ1v) is 6.68. The number of rotatable bonds is 4. The highest BCUT2D eigenvalue weighted by Crippen LogP contribution is 2.20. The fraction of sp³-hybridized carbons (Fsp3) is 0.231. The average Bonchev–Trinajstić information content (AvgIpc) is 2.90. The molecule has 0 spiro atoms. The molecule has 1 heterocycles. The van der Waals surface area contributed by atoms with Crippen LogP contribution in [0.5, 0.6) is 0 Å². The SMILES string of the molecule is O=C(c1cscn1)N(Cc1ccccc1)CC(F)(F)F. The van der Waals surface area contributed by atoms with Crippen molar-refractivity contribution in [3.63, 3.8) is 0 Å². The Morgan fingerprint density at radius 2 is 1.95 bits per heavy atom. The van der Waals surface area contributed by atoms with Gasteiger partial charge in [0.1, 0.15) is 12.2 Å². The molecule has 2 rings (SSSR count). The number of amides is 1. The van der Waals surface area contributed by atoms with Gasteiger partial charge in [-0.2, -0.15) is 13.2 Å². The van der Waals surface area contributed by atoms with Crippen LogP contribution >= 0.6 is 11.3 Å². The van der Waals surface area contributed by atoms with Crippen molar-refractivity contribution in [3.05, 3.63) is 52.5 Å². The minimum absolute atomic E-state index is 0.0372. The van der Waals surface area contributed by atoms with Crippen LogP contribution in [-0.4, -0.2) is 28.5 Å². The molecule has 0 fully saturated rings. The zero-order chi connectivity index (χ0) is 14.6. The zero-order valence-electron chi connectivity index (χ0n) is 10.3. The maximum atomic E-state index is 12.6. The minimum Gasteiger partial charge on any atom is -0.324 e. The van der Waals surface area contributed by atoms with Gasteiger partial charge in [-0.3, -0.25) is 4.79 Å². The molecule has 0 aliphatic carbocycles. The molecule has 3 nitrogen and oxygen atoms in total. The topological polar surface area (TPSA) is 33.2 Å². The Balaban J connectivity index is 2.19. The number of carbonyl (C=O) groups excluding carboxylic acids is 1. The first-order chi connectivity index (χ1) is 9.46. The van der Waals surface area contributed by atoms with Gasteiger partial charge in [-0.1, -0.05) is 30.3 Å². The second kappa shape index (κ2) is 6.04. The zero-order valence-corrected chi connectivity index (χ0v) is 11.1. The lowest BCUT2D eigenvalue weighted by atomic mass is 10.2. The monoisotopic (exact) mass is 300 g/mol. The lowest BCUT2D eigenvalue weighted by molar-refractivity contribution is -0.141. The van der Waals surface area contributed by atoms with Gasteiger partial charge in [0.15, 0.2) is 0 Å². The highest BCUT2D eigenvalue weighted by Gasteiger charge is 2.33. The number of carbonyl (C=O) groups is 1. The molecule has 20 heavy (non-hydrogen) atoms. The standard InChI is InChI=1S/C13H11F3N2OS/c14-13(15,16)8-18(6-10-4-2-1-3-5-10)12(19)11-7-20-9-17-11/h1-5,7,9H,6,8H2. The van der Waals surface area contributed by atoms with Gasteiger partial charge in [-0.15, -0.1) is 11.3 Å². The molecule has 106 valence electrons. The van der Waals surface area contributed by atoms with Crippen molar-refractivity contribution in [1.82, 2.24) is 9.88 Å². The van der Waals surface area contributed by atoms with Crippen LogP contribution in [0, 0.1) is 0 Å². The fourth-order valence-corrected chi connectivity index (χ4v) is 2.23. The Hall–Kier alpha value is -1.89. The third-order valence-corrected chi connectivity index (χ3v) is 3.11. The molecule has 0 N–H and O–H groups in total. The Morgan fingerprint density at radius 1 is 1.25 bits per heavy atom. The van der Waals surface area contributed by atoms with Gasteiger partial charge in [0.2, 0.25) is 0 Å². The van der Waals surface area contributed by atoms with Gasteiger partial charge in [0.25, 0.3) is 5.91 Å². The Kier molecular flexibility index (Phi) is 4.39. The lowest BCUT2D eigenvalue weighted by Crippen LogP contribution is -2.38. The number of hydrogen-bond acceptors (Lipinski definition) is 3. The molecule has 1 aromatic heterocycles. The van der Waals surface area contributed by atoms with E-state index in [1.807, 2.05) is 0 Å². The van der Waals surface area contributed by atoms with Crippen molar-refractivity contribution in [2.75, 3.05) is 6.54 Å². The van der Waals surface area contributed by atoms with E-state index in [1.165, 1.54) is 22.2 Å². The summed E-state index contributed by atoms with van der Waals surface area (Å²) >= 11 is 1.17. The van der Waals surface area contributed by atoms with Crippen molar-refractivity contribution in [1.29, 1.82) is 0 Å². The normalized spacial score (nSPS) is 11.3. The third kappa shape index (κ3) is 4.06. The number of halogens is 3. The van der Waals surface area contributed by atoms with Crippen LogP contribution in [-0.2, 0) is 6.54 Å². The number of benzene rings is 1. The lowest BCUT2D eigenvalue weighted by Gasteiger charge is -2.23. The van der Waals surface area contributed by atoms with Gasteiger partial charge in [-0.25, -0.2) is 4.98 Å². The van der Waals surface area contributed by atoms with Crippen LogP contribution in [0.2, 0.25) is 0 Å². The van der Waals surface area contributed by atoms with Crippen LogP contribution in [0.1, 0.15) is 16.1 Å². The summed E-state index contributed by atoms with van der Waals surface area (Å²) in [5.41, 5.74) is 2.09. The predicted molar refractivity (Wildman–Crippen MR) is 69.4 cm³/mol. The summed E-state index contributed by atoms with van der Waals surface area (Å²) in [6.07, 6.45) is -4.44. The minimum atomic E-state index is -4.44. The molecule has 0 unspecified atom stereocenters. The van der Waals surface area contributed by atoms with E-state index in [9.17, 15) is 18.0 Å². The van der Waals surface area contributed by atoms with E-state index in [2.05, 4.69) is 4.98 Å². The Labute approximate surface area is 117 Å². The molecule has 2 aromatic rings. The van der Waals surface area contributed by atoms with Gasteiger partial charge >= 0.3 is 6.18 Å². The molecule has 0 saturated heterocycles. The van der Waals surface area contributed by atoms with Gasteiger partial charge < -0.3 is 4.90 Å². The first kappa shape index (κ1) is 14.5. The van der Waals surface area contributed by atoms with Crippen molar-refractivity contribution in [3.8, 4) is 0 Å². The average molecular weight is 300 g/mol. The molecule has 0 atom stereocenters. The molecule has 0 aliphatic heterocycles. The summed E-state index contributed by atoms with van der Waals surface area (Å²) in [6.45, 7) is -1.39. The first-order valence-electron chi connectivity index (χ1n) is 5.74. The van der Waals surface area contributed by atoms with E-state index in [0.717, 1.165) is 4.90 Å². The van der Waals surface area contributed by atoms with Crippen molar-refractivity contribution in [2.24, 2.45) is 0 Å². The number of nitrogens with zero attached hydrogens (tertiary/aromatic N) is 2. The molecule has 0 radical (unpaired) electrons. The van der Waals surface area contributed by atoms with E-state index in [-0.39, 0.29) is 12.2 Å². The summed E-state index contributed by atoms with van der Waals surface area (Å²) in [6, 6.07) is 8.55. The highest BCUT2D eigenvalue weighted by atomic mass is 32.1. The van der Waals surface area contributed by atoms with Gasteiger partial charge in [-0.05, 0) is 5.56 Å². The van der Waals surface area contributed by atoms with E-state index < -0.39 is 18.6 Å². The fourth-order valence-electron chi connectivity index (χ4n) is 1.70. The van der Waals surface area contributed by atoms with E-state index >= 15 is 0 Å². The molecular formula is C13H11F3N2OS. The number of aromatic nitrogens is 1. The highest BCUT2D eigenvalue weighted by molar-refractivity contribution is 7.07. The van der Waals surface area contributed by atoms with E-state index in [4.69, 9.17) is 0 Å². The molecule has 7 heteroatoms. The molecule has 1 aromatic carbocycles. The summed E-state index contributed by atoms with van der Waals surface area (Å²) in [5.74, 6) is -0.715. The van der Waals surface area contributed by atoms with Crippen LogP contribution in [0.3, 0.4) is 0 Å². The summed E-state index contributed by atoms with van der Waals surface area (Å²) < 4.78 is 37.8. The second-order valence-corrected chi connectivity index (χ2v) is 4.85. The van der Waals surface area contributed by atoms with Gasteiger partial charge in [0.05, 0.1) is 5.51 Å². The maximum Gasteiger partial charge on any atom is 0.406 e. The quantitative estimate of drug-likeness (QED) is 0.867. The summed E-state index contributed by atoms with van der Waals surface area (Å²) in [5, 5.41) is 1.44. The molecular weight excluding hydrogens is 289 g/mol. The number of alkyl halides is 3. The van der Waals surface area contributed by atoms with Crippen molar-refractivity contribution >= 4 is 17.2 Å². The maximum absolute atomic E-state index is 12.6. The summed E-state index contributed by atoms with van der Waals surface area (Å²) in [4.78, 5) is 16.6. The molecule has 0 saturated carbocycles. The van der Waals surface area contributed by atoms with Crippen molar-refractivity contribution < 1.29 is 18.0 Å². The van der Waals surface area contributed by atoms with E-state index in [0.29, 0.717) is 5.56 Å². The van der Waals surface area contributed by atoms with Crippen LogP contribution < -0.4 is 0 Å². The van der Waals surface area contributed by atoms with Crippen molar-refractivity contribution in [2.45, 2.75) is 12.7 Å². The number of thiazole rings is 1. The van der Waals surface area contributed by atoms with E-state index in [1.54, 1.807) is 30.3 Å². The van der Waals surface area contributed by atoms with Crippen LogP contribution in [0.15, 0.2) is 41.2 Å². The number of hydrogen-bond donors (Lipinski definition) is 0. The molecule has 1 amide bonds.